The van der Waals surface area contributed by atoms with Crippen molar-refractivity contribution in [2.24, 2.45) is 0 Å². The second kappa shape index (κ2) is 7.46. The third-order valence-electron chi connectivity index (χ3n) is 3.53. The minimum Gasteiger partial charge on any atom is -0.473 e. The van der Waals surface area contributed by atoms with Gasteiger partial charge in [-0.1, -0.05) is 60.7 Å². The van der Waals surface area contributed by atoms with Gasteiger partial charge in [-0.2, -0.15) is 5.10 Å². The Hall–Kier alpha value is -3.08. The molecule has 0 spiro atoms. The Bertz CT molecular complexity index is 785. The number of carbonyl (C=O) groups is 1. The van der Waals surface area contributed by atoms with E-state index < -0.39 is 6.10 Å². The Kier molecular flexibility index (Phi) is 4.91. The van der Waals surface area contributed by atoms with Crippen LogP contribution in [0.25, 0.3) is 0 Å². The fraction of sp³-hybridized carbons (Fsp3) is 0.158. The van der Waals surface area contributed by atoms with Gasteiger partial charge >= 0.3 is 5.97 Å². The lowest BCUT2D eigenvalue weighted by Crippen LogP contribution is -2.11. The van der Waals surface area contributed by atoms with Crippen LogP contribution in [0.3, 0.4) is 0 Å². The first-order chi connectivity index (χ1) is 11.7. The predicted octanol–water partition coefficient (Wildman–Crippen LogP) is 3.64. The van der Waals surface area contributed by atoms with Crippen LogP contribution in [0, 0.1) is 0 Å². The zero-order valence-electron chi connectivity index (χ0n) is 13.3. The van der Waals surface area contributed by atoms with Crippen molar-refractivity contribution in [1.82, 2.24) is 10.2 Å². The van der Waals surface area contributed by atoms with Gasteiger partial charge in [0.1, 0.15) is 6.61 Å². The van der Waals surface area contributed by atoms with Crippen LogP contribution in [-0.2, 0) is 16.1 Å². The highest BCUT2D eigenvalue weighted by Gasteiger charge is 2.23. The van der Waals surface area contributed by atoms with Gasteiger partial charge in [-0.25, -0.2) is 5.10 Å². The summed E-state index contributed by atoms with van der Waals surface area (Å²) in [5.41, 5.74) is 2.59. The van der Waals surface area contributed by atoms with E-state index >= 15 is 0 Å². The van der Waals surface area contributed by atoms with Crippen molar-refractivity contribution in [3.63, 3.8) is 0 Å². The lowest BCUT2D eigenvalue weighted by molar-refractivity contribution is -0.144. The summed E-state index contributed by atoms with van der Waals surface area (Å²) in [7, 11) is 0. The Morgan fingerprint density at radius 3 is 2.42 bits per heavy atom. The van der Waals surface area contributed by atoms with Crippen molar-refractivity contribution < 1.29 is 14.3 Å². The molecule has 1 unspecified atom stereocenters. The lowest BCUT2D eigenvalue weighted by Gasteiger charge is -2.17. The molecule has 0 aliphatic rings. The molecule has 0 saturated heterocycles. The van der Waals surface area contributed by atoms with Crippen molar-refractivity contribution in [2.45, 2.75) is 19.6 Å². The van der Waals surface area contributed by atoms with E-state index in [1.165, 1.54) is 6.92 Å². The van der Waals surface area contributed by atoms with Crippen molar-refractivity contribution in [3.05, 3.63) is 83.6 Å². The summed E-state index contributed by atoms with van der Waals surface area (Å²) in [4.78, 5) is 11.5. The van der Waals surface area contributed by atoms with Crippen LogP contribution in [0.4, 0.5) is 0 Å². The molecular formula is C19H18N2O3. The fourth-order valence-electron chi connectivity index (χ4n) is 2.42. The number of hydrogen-bond acceptors (Lipinski definition) is 4. The van der Waals surface area contributed by atoms with Crippen LogP contribution < -0.4 is 4.74 Å². The van der Waals surface area contributed by atoms with E-state index in [1.807, 2.05) is 60.7 Å². The van der Waals surface area contributed by atoms with Crippen molar-refractivity contribution >= 4 is 5.97 Å². The quantitative estimate of drug-likeness (QED) is 0.704. The SMILES string of the molecule is CC(=O)OC(c1ccccc1)c1cn[nH]c1OCc1ccccc1. The largest absolute Gasteiger partial charge is 0.473 e. The van der Waals surface area contributed by atoms with Crippen LogP contribution in [0.5, 0.6) is 5.88 Å². The standard InChI is InChI=1S/C19H18N2O3/c1-14(22)24-18(16-10-6-3-7-11-16)17-12-20-21-19(17)23-13-15-8-4-2-5-9-15/h2-12,18H,13H2,1H3,(H,20,21). The summed E-state index contributed by atoms with van der Waals surface area (Å²) in [5, 5.41) is 6.88. The van der Waals surface area contributed by atoms with Crippen molar-refractivity contribution in [3.8, 4) is 5.88 Å². The molecule has 0 saturated carbocycles. The summed E-state index contributed by atoms with van der Waals surface area (Å²) in [6.07, 6.45) is 1.06. The van der Waals surface area contributed by atoms with Crippen LogP contribution >= 0.6 is 0 Å². The number of aromatic nitrogens is 2. The fourth-order valence-corrected chi connectivity index (χ4v) is 2.42. The second-order valence-corrected chi connectivity index (χ2v) is 5.33. The summed E-state index contributed by atoms with van der Waals surface area (Å²) in [5.74, 6) is 0.132. The number of benzene rings is 2. The minimum absolute atomic E-state index is 0.362. The Morgan fingerprint density at radius 1 is 1.08 bits per heavy atom. The maximum absolute atomic E-state index is 11.5. The Morgan fingerprint density at radius 2 is 1.75 bits per heavy atom. The maximum atomic E-state index is 11.5. The van der Waals surface area contributed by atoms with E-state index in [0.717, 1.165) is 11.1 Å². The highest BCUT2D eigenvalue weighted by molar-refractivity contribution is 5.67. The Balaban J connectivity index is 1.84. The number of H-pyrrole nitrogens is 1. The molecule has 1 atom stereocenters. The van der Waals surface area contributed by atoms with E-state index in [1.54, 1.807) is 6.20 Å². The number of nitrogens with zero attached hydrogens (tertiary/aromatic N) is 1. The molecular weight excluding hydrogens is 304 g/mol. The molecule has 5 heteroatoms. The molecule has 0 fully saturated rings. The molecule has 1 N–H and O–H groups in total. The second-order valence-electron chi connectivity index (χ2n) is 5.33. The molecule has 5 nitrogen and oxygen atoms in total. The summed E-state index contributed by atoms with van der Waals surface area (Å²) >= 11 is 0. The first-order valence-electron chi connectivity index (χ1n) is 7.66. The van der Waals surface area contributed by atoms with Gasteiger partial charge in [0.05, 0.1) is 11.8 Å². The topological polar surface area (TPSA) is 64.2 Å². The Labute approximate surface area is 140 Å². The third-order valence-corrected chi connectivity index (χ3v) is 3.53. The first-order valence-corrected chi connectivity index (χ1v) is 7.66. The van der Waals surface area contributed by atoms with Gasteiger partial charge in [-0.3, -0.25) is 4.79 Å². The number of ether oxygens (including phenoxy) is 2. The zero-order chi connectivity index (χ0) is 16.8. The summed E-state index contributed by atoms with van der Waals surface area (Å²) in [6.45, 7) is 1.79. The normalized spacial score (nSPS) is 11.7. The summed E-state index contributed by atoms with van der Waals surface area (Å²) < 4.78 is 11.3. The highest BCUT2D eigenvalue weighted by Crippen LogP contribution is 2.31. The van der Waals surface area contributed by atoms with Gasteiger partial charge in [0.25, 0.3) is 0 Å². The molecule has 2 aromatic carbocycles. The molecule has 0 aliphatic carbocycles. The summed E-state index contributed by atoms with van der Waals surface area (Å²) in [6, 6.07) is 19.4. The monoisotopic (exact) mass is 322 g/mol. The maximum Gasteiger partial charge on any atom is 0.303 e. The van der Waals surface area contributed by atoms with Gasteiger partial charge in [-0.05, 0) is 11.1 Å². The van der Waals surface area contributed by atoms with E-state index in [0.29, 0.717) is 18.1 Å². The highest BCUT2D eigenvalue weighted by atomic mass is 16.5. The van der Waals surface area contributed by atoms with Crippen LogP contribution in [-0.4, -0.2) is 16.2 Å². The van der Waals surface area contributed by atoms with E-state index in [9.17, 15) is 4.79 Å². The number of carbonyl (C=O) groups excluding carboxylic acids is 1. The van der Waals surface area contributed by atoms with Gasteiger partial charge in [-0.15, -0.1) is 0 Å². The van der Waals surface area contributed by atoms with E-state index in [-0.39, 0.29) is 5.97 Å². The van der Waals surface area contributed by atoms with E-state index in [4.69, 9.17) is 9.47 Å². The molecule has 24 heavy (non-hydrogen) atoms. The van der Waals surface area contributed by atoms with Gasteiger partial charge < -0.3 is 9.47 Å². The van der Waals surface area contributed by atoms with Gasteiger partial charge in [0.2, 0.25) is 5.88 Å². The number of aromatic amines is 1. The smallest absolute Gasteiger partial charge is 0.303 e. The minimum atomic E-state index is -0.562. The molecule has 3 rings (SSSR count). The first kappa shape index (κ1) is 15.8. The number of nitrogens with one attached hydrogen (secondary N) is 1. The number of rotatable bonds is 6. The van der Waals surface area contributed by atoms with Crippen molar-refractivity contribution in [2.75, 3.05) is 0 Å². The van der Waals surface area contributed by atoms with Gasteiger partial charge in [0, 0.05) is 6.92 Å². The molecule has 0 bridgehead atoms. The predicted molar refractivity (Wildman–Crippen MR) is 89.4 cm³/mol. The molecule has 0 amide bonds. The molecule has 0 aliphatic heterocycles. The van der Waals surface area contributed by atoms with Gasteiger partial charge in [0.15, 0.2) is 6.10 Å². The average Bonchev–Trinajstić information content (AvgIpc) is 3.08. The van der Waals surface area contributed by atoms with Crippen LogP contribution in [0.1, 0.15) is 29.7 Å². The molecule has 122 valence electrons. The van der Waals surface area contributed by atoms with Crippen LogP contribution in [0.15, 0.2) is 66.9 Å². The molecule has 0 radical (unpaired) electrons. The molecule has 3 aromatic rings. The van der Waals surface area contributed by atoms with E-state index in [2.05, 4.69) is 10.2 Å². The number of hydrogen-bond donors (Lipinski definition) is 1. The average molecular weight is 322 g/mol. The van der Waals surface area contributed by atoms with Crippen LogP contribution in [0.2, 0.25) is 0 Å². The number of esters is 1. The zero-order valence-corrected chi connectivity index (χ0v) is 13.3. The molecule has 1 heterocycles. The van der Waals surface area contributed by atoms with Crippen molar-refractivity contribution in [1.29, 1.82) is 0 Å². The molecule has 1 aromatic heterocycles. The third kappa shape index (κ3) is 3.81. The lowest BCUT2D eigenvalue weighted by atomic mass is 10.0.